The van der Waals surface area contributed by atoms with Crippen molar-refractivity contribution in [2.45, 2.75) is 101 Å². The minimum Gasteiger partial charge on any atom is -0.305 e. The van der Waals surface area contributed by atoms with E-state index in [9.17, 15) is 107 Å². The van der Waals surface area contributed by atoms with Gasteiger partial charge in [-0.2, -0.15) is 79.0 Å². The second-order valence-corrected chi connectivity index (χ2v) is 21.9. The van der Waals surface area contributed by atoms with Gasteiger partial charge in [-0.3, -0.25) is 19.2 Å². The standard InChI is InChI=1S/C30H21BrF11NO2.C30H22F11NO2/c1-15-5-9-17(10-6-15)26(45)43(14-16-7-8-16)23-4-2-3-19(25(23)32)24(44)13-20-21(28(34,35)36)11-18(12-22(20)31)27(33,29(37,38)39)30(40,41)42;1-16-5-9-18(10-6-16)26(44)42(15-17-7-8-17)23-4-2-3-21(25(23)31)24(43)13-19-11-12-20(14-22(19)28(33,34)35)27(32,29(36,37)38)30(39,40)41/h2-6,9-12,16H,7-8,13-14H2,1H3;2-6,9-12,14,17H,7-8,13,15H2,1H3. The Labute approximate surface area is 498 Å². The van der Waals surface area contributed by atoms with Crippen molar-refractivity contribution in [3.63, 3.8) is 0 Å². The number of rotatable bonds is 16. The molecule has 8 rings (SSSR count). The predicted molar refractivity (Wildman–Crippen MR) is 280 cm³/mol. The molecule has 0 N–H and O–H groups in total. The summed E-state index contributed by atoms with van der Waals surface area (Å²) in [5, 5.41) is 0. The number of hydrogen-bond donors (Lipinski definition) is 0. The SMILES string of the molecule is Cc1ccc(C(=O)N(CC2CC2)c2cccc(C(=O)Cc3c(Br)cc(C(F)(C(F)(F)F)C(F)(F)F)cc3C(F)(F)F)c2F)cc1.Cc1ccc(C(=O)N(CC2CC2)c2cccc(C(=O)Cc3ccc(C(F)(C(F)(F)F)C(F)(F)F)cc3C(F)(F)F)c2F)cc1. The van der Waals surface area contributed by atoms with Crippen molar-refractivity contribution in [2.24, 2.45) is 11.8 Å². The van der Waals surface area contributed by atoms with Gasteiger partial charge in [-0.15, -0.1) is 0 Å². The predicted octanol–water partition coefficient (Wildman–Crippen LogP) is 18.6. The van der Waals surface area contributed by atoms with E-state index in [1.807, 2.05) is 0 Å². The van der Waals surface area contributed by atoms with Crippen LogP contribution >= 0.6 is 15.9 Å². The molecule has 29 heteroatoms. The molecule has 478 valence electrons. The fourth-order valence-corrected chi connectivity index (χ4v) is 9.87. The fourth-order valence-electron chi connectivity index (χ4n) is 9.27. The van der Waals surface area contributed by atoms with Crippen molar-refractivity contribution in [3.05, 3.63) is 198 Å². The number of hydrogen-bond acceptors (Lipinski definition) is 4. The molecule has 2 aliphatic carbocycles. The zero-order valence-electron chi connectivity index (χ0n) is 45.5. The monoisotopic (exact) mass is 1350 g/mol. The van der Waals surface area contributed by atoms with E-state index >= 15 is 8.78 Å². The Morgan fingerprint density at radius 2 is 0.809 bits per heavy atom. The molecule has 2 aliphatic rings. The number of nitrogens with zero attached hydrogens (tertiary/aromatic N) is 2. The van der Waals surface area contributed by atoms with Crippen LogP contribution in [0.5, 0.6) is 0 Å². The van der Waals surface area contributed by atoms with E-state index in [2.05, 4.69) is 15.9 Å². The van der Waals surface area contributed by atoms with Crippen molar-refractivity contribution in [1.82, 2.24) is 0 Å². The van der Waals surface area contributed by atoms with E-state index in [-0.39, 0.29) is 65.6 Å². The highest BCUT2D eigenvalue weighted by Gasteiger charge is 2.75. The van der Waals surface area contributed by atoms with E-state index in [4.69, 9.17) is 0 Å². The van der Waals surface area contributed by atoms with Crippen LogP contribution in [-0.4, -0.2) is 61.2 Å². The number of Topliss-reactive ketones (excluding diaryl/α,β-unsaturated/α-hetero) is 2. The summed E-state index contributed by atoms with van der Waals surface area (Å²) in [5.74, 6) is -6.38. The molecule has 0 aliphatic heterocycles. The number of anilines is 2. The minimum atomic E-state index is -6.70. The third-order valence-corrected chi connectivity index (χ3v) is 15.2. The lowest BCUT2D eigenvalue weighted by atomic mass is 9.89. The number of ketones is 2. The van der Waals surface area contributed by atoms with Gasteiger partial charge in [0.05, 0.1) is 33.6 Å². The van der Waals surface area contributed by atoms with Gasteiger partial charge in [-0.1, -0.05) is 75.6 Å². The van der Waals surface area contributed by atoms with Gasteiger partial charge in [-0.05, 0) is 129 Å². The maximum absolute atomic E-state index is 15.9. The third-order valence-electron chi connectivity index (χ3n) is 14.5. The average molecular weight is 1350 g/mol. The topological polar surface area (TPSA) is 74.8 Å². The third kappa shape index (κ3) is 14.7. The Balaban J connectivity index is 0.000000254. The number of halogens is 23. The first-order chi connectivity index (χ1) is 40.9. The summed E-state index contributed by atoms with van der Waals surface area (Å²) >= 11 is 2.46. The molecule has 2 fully saturated rings. The lowest BCUT2D eigenvalue weighted by molar-refractivity contribution is -0.349. The first-order valence-electron chi connectivity index (χ1n) is 26.1. The van der Waals surface area contributed by atoms with Gasteiger partial charge >= 0.3 is 48.4 Å². The summed E-state index contributed by atoms with van der Waals surface area (Å²) < 4.78 is 302. The van der Waals surface area contributed by atoms with E-state index in [1.54, 1.807) is 38.1 Å². The van der Waals surface area contributed by atoms with Crippen molar-refractivity contribution in [3.8, 4) is 0 Å². The molecular formula is C60H43BrF22N2O4. The molecule has 0 saturated heterocycles. The Morgan fingerprint density at radius 1 is 0.449 bits per heavy atom. The molecule has 89 heavy (non-hydrogen) atoms. The number of carbonyl (C=O) groups is 4. The summed E-state index contributed by atoms with van der Waals surface area (Å²) in [6.07, 6.45) is -37.7. The second-order valence-electron chi connectivity index (χ2n) is 21.1. The molecular weight excluding hydrogens is 1310 g/mol. The molecule has 0 bridgehead atoms. The lowest BCUT2D eigenvalue weighted by Gasteiger charge is -2.31. The number of benzene rings is 6. The van der Waals surface area contributed by atoms with Gasteiger partial charge in [0.15, 0.2) is 23.2 Å². The second kappa shape index (κ2) is 25.1. The molecule has 0 spiro atoms. The first kappa shape index (κ1) is 69.0. The highest BCUT2D eigenvalue weighted by atomic mass is 79.9. The van der Waals surface area contributed by atoms with E-state index in [1.165, 1.54) is 48.5 Å². The van der Waals surface area contributed by atoms with Crippen LogP contribution in [0, 0.1) is 37.3 Å². The molecule has 6 nitrogen and oxygen atoms in total. The van der Waals surface area contributed by atoms with Gasteiger partial charge in [0.2, 0.25) is 0 Å². The highest BCUT2D eigenvalue weighted by molar-refractivity contribution is 9.10. The van der Waals surface area contributed by atoms with Gasteiger partial charge in [0, 0.05) is 52.7 Å². The Morgan fingerprint density at radius 3 is 1.17 bits per heavy atom. The molecule has 0 atom stereocenters. The maximum atomic E-state index is 15.9. The molecule has 0 unspecified atom stereocenters. The molecule has 0 heterocycles. The van der Waals surface area contributed by atoms with Crippen LogP contribution < -0.4 is 9.80 Å². The summed E-state index contributed by atoms with van der Waals surface area (Å²) in [6, 6.07) is 17.7. The molecule has 0 aromatic heterocycles. The van der Waals surface area contributed by atoms with Crippen LogP contribution in [-0.2, 0) is 36.5 Å². The van der Waals surface area contributed by atoms with Crippen molar-refractivity contribution in [1.29, 1.82) is 0 Å². The highest BCUT2D eigenvalue weighted by Crippen LogP contribution is 2.56. The van der Waals surface area contributed by atoms with Crippen LogP contribution in [0.3, 0.4) is 0 Å². The van der Waals surface area contributed by atoms with Crippen LogP contribution in [0.4, 0.5) is 108 Å². The smallest absolute Gasteiger partial charge is 0.305 e. The summed E-state index contributed by atoms with van der Waals surface area (Å²) in [5.41, 5.74) is -23.9. The van der Waals surface area contributed by atoms with Crippen LogP contribution in [0.2, 0.25) is 0 Å². The summed E-state index contributed by atoms with van der Waals surface area (Å²) in [6.45, 7) is 3.70. The summed E-state index contributed by atoms with van der Waals surface area (Å²) in [7, 11) is 0. The zero-order valence-corrected chi connectivity index (χ0v) is 47.1. The van der Waals surface area contributed by atoms with Gasteiger partial charge in [0.1, 0.15) is 0 Å². The van der Waals surface area contributed by atoms with Gasteiger partial charge in [0.25, 0.3) is 11.8 Å². The number of aryl methyl sites for hydroxylation is 2. The zero-order chi connectivity index (χ0) is 66.5. The normalized spacial score (nSPS) is 14.4. The average Bonchev–Trinajstić information content (AvgIpc) is 1.44. The Hall–Kier alpha value is -7.46. The fraction of sp³-hybridized carbons (Fsp3) is 0.333. The molecule has 2 saturated carbocycles. The number of alkyl halides is 20. The van der Waals surface area contributed by atoms with Gasteiger partial charge < -0.3 is 9.80 Å². The van der Waals surface area contributed by atoms with E-state index < -0.39 is 157 Å². The lowest BCUT2D eigenvalue weighted by Crippen LogP contribution is -2.50. The Kier molecular flexibility index (Phi) is 19.4. The Bertz CT molecular complexity index is 3610. The number of carbonyl (C=O) groups excluding carboxylic acids is 4. The van der Waals surface area contributed by atoms with E-state index in [0.29, 0.717) is 0 Å². The molecule has 0 radical (unpaired) electrons. The maximum Gasteiger partial charge on any atom is 0.435 e. The van der Waals surface area contributed by atoms with Crippen LogP contribution in [0.15, 0.2) is 120 Å². The first-order valence-corrected chi connectivity index (χ1v) is 26.9. The summed E-state index contributed by atoms with van der Waals surface area (Å²) in [4.78, 5) is 55.1. The largest absolute Gasteiger partial charge is 0.435 e. The van der Waals surface area contributed by atoms with Crippen molar-refractivity contribution >= 4 is 50.7 Å². The van der Waals surface area contributed by atoms with Crippen molar-refractivity contribution < 1.29 is 116 Å². The number of amides is 2. The quantitative estimate of drug-likeness (QED) is 0.0715. The van der Waals surface area contributed by atoms with E-state index in [0.717, 1.165) is 58.7 Å². The molecule has 6 aromatic rings. The minimum absolute atomic E-state index is 0.0259. The van der Waals surface area contributed by atoms with Crippen LogP contribution in [0.25, 0.3) is 0 Å². The van der Waals surface area contributed by atoms with Crippen molar-refractivity contribution in [2.75, 3.05) is 22.9 Å². The van der Waals surface area contributed by atoms with Gasteiger partial charge in [-0.25, -0.2) is 17.6 Å². The molecule has 2 amide bonds. The van der Waals surface area contributed by atoms with Crippen LogP contribution in [0.1, 0.15) is 112 Å². The molecule has 6 aromatic carbocycles.